The first-order chi connectivity index (χ1) is 7.35. The molecule has 0 aliphatic rings. The van der Waals surface area contributed by atoms with Gasteiger partial charge >= 0.3 is 0 Å². The molecule has 2 rings (SSSR count). The third-order valence-electron chi connectivity index (χ3n) is 2.16. The molecular formula is C13H10O2. The van der Waals surface area contributed by atoms with Crippen LogP contribution in [-0.2, 0) is 0 Å². The fourth-order valence-corrected chi connectivity index (χ4v) is 1.42. The maximum Gasteiger partial charge on any atom is 0.134 e. The summed E-state index contributed by atoms with van der Waals surface area (Å²) in [6, 6.07) is 9.36. The van der Waals surface area contributed by atoms with E-state index >= 15 is 0 Å². The van der Waals surface area contributed by atoms with Gasteiger partial charge in [0.05, 0.1) is 18.9 Å². The Hall–Kier alpha value is -2.14. The van der Waals surface area contributed by atoms with E-state index in [1.54, 1.807) is 13.4 Å². The molecule has 2 nitrogen and oxygen atoms in total. The summed E-state index contributed by atoms with van der Waals surface area (Å²) in [7, 11) is 1.60. The Morgan fingerprint density at radius 3 is 2.80 bits per heavy atom. The first-order valence-electron chi connectivity index (χ1n) is 4.53. The van der Waals surface area contributed by atoms with Gasteiger partial charge < -0.3 is 9.15 Å². The number of benzene rings is 1. The molecule has 0 amide bonds. The van der Waals surface area contributed by atoms with Crippen molar-refractivity contribution in [3.05, 3.63) is 42.2 Å². The third-order valence-corrected chi connectivity index (χ3v) is 2.16. The monoisotopic (exact) mass is 198 g/mol. The van der Waals surface area contributed by atoms with Crippen LogP contribution in [0.2, 0.25) is 0 Å². The molecule has 0 saturated carbocycles. The average molecular weight is 198 g/mol. The van der Waals surface area contributed by atoms with Gasteiger partial charge in [-0.1, -0.05) is 5.92 Å². The van der Waals surface area contributed by atoms with Crippen molar-refractivity contribution >= 4 is 0 Å². The molecular weight excluding hydrogens is 188 g/mol. The zero-order chi connectivity index (χ0) is 10.7. The van der Waals surface area contributed by atoms with Crippen LogP contribution in [0.25, 0.3) is 11.3 Å². The van der Waals surface area contributed by atoms with Crippen molar-refractivity contribution in [2.45, 2.75) is 0 Å². The molecule has 0 atom stereocenters. The lowest BCUT2D eigenvalue weighted by Crippen LogP contribution is -1.88. The lowest BCUT2D eigenvalue weighted by molar-refractivity contribution is 0.413. The summed E-state index contributed by atoms with van der Waals surface area (Å²) in [6.45, 7) is 0. The minimum absolute atomic E-state index is 0.702. The van der Waals surface area contributed by atoms with Crippen LogP contribution in [0.4, 0.5) is 0 Å². The zero-order valence-electron chi connectivity index (χ0n) is 8.36. The van der Waals surface area contributed by atoms with Gasteiger partial charge in [0.1, 0.15) is 11.5 Å². The molecule has 0 aliphatic carbocycles. The molecule has 0 saturated heterocycles. The van der Waals surface area contributed by atoms with Crippen LogP contribution in [0.1, 0.15) is 5.56 Å². The van der Waals surface area contributed by atoms with Crippen molar-refractivity contribution in [1.29, 1.82) is 0 Å². The maximum atomic E-state index is 5.39. The molecule has 0 bridgehead atoms. The molecule has 0 radical (unpaired) electrons. The minimum Gasteiger partial charge on any atom is -0.495 e. The van der Waals surface area contributed by atoms with E-state index in [-0.39, 0.29) is 0 Å². The fraction of sp³-hybridized carbons (Fsp3) is 0.0769. The van der Waals surface area contributed by atoms with Crippen LogP contribution in [0.15, 0.2) is 41.0 Å². The van der Waals surface area contributed by atoms with Crippen molar-refractivity contribution in [1.82, 2.24) is 0 Å². The number of hydrogen-bond donors (Lipinski definition) is 0. The van der Waals surface area contributed by atoms with E-state index in [2.05, 4.69) is 5.92 Å². The molecule has 0 unspecified atom stereocenters. The van der Waals surface area contributed by atoms with Gasteiger partial charge in [0, 0.05) is 5.56 Å². The predicted molar refractivity (Wildman–Crippen MR) is 58.6 cm³/mol. The molecule has 0 N–H and O–H groups in total. The summed E-state index contributed by atoms with van der Waals surface area (Å²) in [5.41, 5.74) is 1.68. The zero-order valence-corrected chi connectivity index (χ0v) is 8.36. The molecule has 1 aromatic carbocycles. The van der Waals surface area contributed by atoms with Crippen LogP contribution in [0.3, 0.4) is 0 Å². The molecule has 0 spiro atoms. The van der Waals surface area contributed by atoms with Gasteiger partial charge in [-0.25, -0.2) is 0 Å². The van der Waals surface area contributed by atoms with Crippen LogP contribution >= 0.6 is 0 Å². The summed E-state index contributed by atoms with van der Waals surface area (Å²) in [5, 5.41) is 0. The van der Waals surface area contributed by atoms with E-state index in [0.717, 1.165) is 16.9 Å². The molecule has 15 heavy (non-hydrogen) atoms. The van der Waals surface area contributed by atoms with E-state index in [9.17, 15) is 0 Å². The molecule has 2 aromatic rings. The Kier molecular flexibility index (Phi) is 2.47. The molecule has 2 heteroatoms. The highest BCUT2D eigenvalue weighted by Crippen LogP contribution is 2.26. The number of methoxy groups -OCH3 is 1. The second-order valence-corrected chi connectivity index (χ2v) is 3.04. The largest absolute Gasteiger partial charge is 0.495 e. The summed E-state index contributed by atoms with van der Waals surface area (Å²) >= 11 is 0. The molecule has 74 valence electrons. The SMILES string of the molecule is C#Cc1cc(-c2ccco2)ccc1OC. The van der Waals surface area contributed by atoms with Gasteiger partial charge in [0.25, 0.3) is 0 Å². The smallest absolute Gasteiger partial charge is 0.134 e. The highest BCUT2D eigenvalue weighted by Gasteiger charge is 2.05. The van der Waals surface area contributed by atoms with Crippen molar-refractivity contribution in [2.75, 3.05) is 7.11 Å². The summed E-state index contributed by atoms with van der Waals surface area (Å²) in [4.78, 5) is 0. The van der Waals surface area contributed by atoms with E-state index in [1.807, 2.05) is 30.3 Å². The Morgan fingerprint density at radius 1 is 1.33 bits per heavy atom. The average Bonchev–Trinajstić information content (AvgIpc) is 2.81. The first kappa shape index (κ1) is 9.42. The standard InChI is InChI=1S/C13H10O2/c1-3-10-9-11(6-7-12(10)14-2)13-5-4-8-15-13/h1,4-9H,2H3. The van der Waals surface area contributed by atoms with Crippen molar-refractivity contribution in [3.8, 4) is 29.4 Å². The topological polar surface area (TPSA) is 22.4 Å². The van der Waals surface area contributed by atoms with Crippen LogP contribution in [0.5, 0.6) is 5.75 Å². The Balaban J connectivity index is 2.49. The van der Waals surface area contributed by atoms with Crippen molar-refractivity contribution in [2.24, 2.45) is 0 Å². The fourth-order valence-electron chi connectivity index (χ4n) is 1.42. The van der Waals surface area contributed by atoms with Crippen LogP contribution < -0.4 is 4.74 Å². The predicted octanol–water partition coefficient (Wildman–Crippen LogP) is 2.94. The van der Waals surface area contributed by atoms with Gasteiger partial charge in [-0.2, -0.15) is 0 Å². The van der Waals surface area contributed by atoms with Crippen LogP contribution in [0, 0.1) is 12.3 Å². The van der Waals surface area contributed by atoms with Gasteiger partial charge in [0.15, 0.2) is 0 Å². The second kappa shape index (κ2) is 3.93. The molecule has 1 aromatic heterocycles. The molecule has 0 aliphatic heterocycles. The molecule has 1 heterocycles. The highest BCUT2D eigenvalue weighted by atomic mass is 16.5. The van der Waals surface area contributed by atoms with Crippen molar-refractivity contribution < 1.29 is 9.15 Å². The van der Waals surface area contributed by atoms with Gasteiger partial charge in [-0.15, -0.1) is 6.42 Å². The van der Waals surface area contributed by atoms with Crippen LogP contribution in [-0.4, -0.2) is 7.11 Å². The second-order valence-electron chi connectivity index (χ2n) is 3.04. The number of terminal acetylenes is 1. The Bertz CT molecular complexity index is 490. The van der Waals surface area contributed by atoms with Gasteiger partial charge in [-0.05, 0) is 30.3 Å². The minimum atomic E-state index is 0.702. The Morgan fingerprint density at radius 2 is 2.20 bits per heavy atom. The van der Waals surface area contributed by atoms with Gasteiger partial charge in [-0.3, -0.25) is 0 Å². The molecule has 0 fully saturated rings. The van der Waals surface area contributed by atoms with E-state index < -0.39 is 0 Å². The summed E-state index contributed by atoms with van der Waals surface area (Å²) < 4.78 is 10.4. The normalized spacial score (nSPS) is 9.60. The number of hydrogen-bond acceptors (Lipinski definition) is 2. The first-order valence-corrected chi connectivity index (χ1v) is 4.53. The number of rotatable bonds is 2. The van der Waals surface area contributed by atoms with E-state index in [4.69, 9.17) is 15.6 Å². The summed E-state index contributed by atoms with van der Waals surface area (Å²) in [5.74, 6) is 4.08. The lowest BCUT2D eigenvalue weighted by atomic mass is 10.1. The summed E-state index contributed by atoms with van der Waals surface area (Å²) in [6.07, 6.45) is 7.02. The highest BCUT2D eigenvalue weighted by molar-refractivity contribution is 5.63. The van der Waals surface area contributed by atoms with E-state index in [1.165, 1.54) is 0 Å². The number of ether oxygens (including phenoxy) is 1. The number of furan rings is 1. The Labute approximate surface area is 88.5 Å². The lowest BCUT2D eigenvalue weighted by Gasteiger charge is -2.04. The van der Waals surface area contributed by atoms with Crippen molar-refractivity contribution in [3.63, 3.8) is 0 Å². The quantitative estimate of drug-likeness (QED) is 0.692. The third kappa shape index (κ3) is 1.72. The maximum absolute atomic E-state index is 5.39. The van der Waals surface area contributed by atoms with Gasteiger partial charge in [0.2, 0.25) is 0 Å². The van der Waals surface area contributed by atoms with E-state index in [0.29, 0.717) is 5.75 Å².